The zero-order valence-corrected chi connectivity index (χ0v) is 10.8. The van der Waals surface area contributed by atoms with E-state index in [0.717, 1.165) is 11.3 Å². The molecular formula is C9H13N2ORe-. The molecule has 3 nitrogen and oxygen atoms in total. The first-order valence-corrected chi connectivity index (χ1v) is 4.17. The molecule has 0 saturated carbocycles. The fraction of sp³-hybridized carbons (Fsp3) is 0.444. The average molecular weight is 351 g/mol. The van der Waals surface area contributed by atoms with Crippen molar-refractivity contribution >= 4 is 6.03 Å². The smallest absolute Gasteiger partial charge is 0.162 e. The van der Waals surface area contributed by atoms with E-state index < -0.39 is 0 Å². The van der Waals surface area contributed by atoms with E-state index >= 15 is 0 Å². The topological polar surface area (TPSA) is 36.1 Å². The Morgan fingerprint density at radius 1 is 1.46 bits per heavy atom. The number of hydrogen-bond donors (Lipinski definition) is 0. The number of hydrogen-bond acceptors (Lipinski definition) is 1. The minimum absolute atomic E-state index is 0. The molecule has 2 heterocycles. The molecule has 2 rings (SSSR count). The van der Waals surface area contributed by atoms with Crippen molar-refractivity contribution in [2.45, 2.75) is 27.3 Å². The van der Waals surface area contributed by atoms with Crippen LogP contribution >= 0.6 is 0 Å². The maximum absolute atomic E-state index is 10.9. The third-order valence-corrected chi connectivity index (χ3v) is 1.62. The van der Waals surface area contributed by atoms with Crippen LogP contribution in [-0.2, 0) is 27.0 Å². The van der Waals surface area contributed by atoms with Crippen molar-refractivity contribution in [2.75, 3.05) is 0 Å². The first-order chi connectivity index (χ1) is 5.77. The van der Waals surface area contributed by atoms with E-state index in [9.17, 15) is 4.79 Å². The molecule has 1 aliphatic heterocycles. The van der Waals surface area contributed by atoms with Crippen LogP contribution in [0.4, 0.5) is 4.79 Å². The summed E-state index contributed by atoms with van der Waals surface area (Å²) in [6, 6.07) is 1.84. The van der Waals surface area contributed by atoms with Gasteiger partial charge in [0.1, 0.15) is 0 Å². The molecule has 1 aliphatic rings. The van der Waals surface area contributed by atoms with Crippen LogP contribution in [0.25, 0.3) is 5.32 Å². The summed E-state index contributed by atoms with van der Waals surface area (Å²) in [5, 5.41) is 3.73. The van der Waals surface area contributed by atoms with Gasteiger partial charge in [-0.2, -0.15) is 0 Å². The molecule has 0 N–H and O–H groups in total. The van der Waals surface area contributed by atoms with Gasteiger partial charge in [0, 0.05) is 20.4 Å². The molecule has 1 amide bonds. The summed E-state index contributed by atoms with van der Waals surface area (Å²) in [7, 11) is 0. The zero-order valence-electron chi connectivity index (χ0n) is 8.04. The van der Waals surface area contributed by atoms with Crippen molar-refractivity contribution < 1.29 is 25.2 Å². The summed E-state index contributed by atoms with van der Waals surface area (Å²) in [5.74, 6) is 0. The van der Waals surface area contributed by atoms with E-state index in [-0.39, 0.29) is 26.5 Å². The standard InChI is InChI=1S/C7H8N2O.C2H6.Re/c1-5-2-6-3-8-7(10)9(6)4-5;1-2;/h2,4H,3H2,1H3,(H,8,10);1-2H3;/p-1. The number of aryl methyl sites for hydroxylation is 1. The van der Waals surface area contributed by atoms with E-state index in [1.807, 2.05) is 33.0 Å². The number of carbonyl (C=O) groups is 1. The Hall–Kier alpha value is -0.588. The van der Waals surface area contributed by atoms with Crippen molar-refractivity contribution in [1.29, 1.82) is 0 Å². The summed E-state index contributed by atoms with van der Waals surface area (Å²) in [6.07, 6.45) is 1.81. The van der Waals surface area contributed by atoms with E-state index in [4.69, 9.17) is 0 Å². The molecule has 0 spiro atoms. The maximum Gasteiger partial charge on any atom is 0.162 e. The second kappa shape index (κ2) is 5.21. The van der Waals surface area contributed by atoms with Gasteiger partial charge in [0.2, 0.25) is 0 Å². The largest absolute Gasteiger partial charge is 0.426 e. The van der Waals surface area contributed by atoms with E-state index in [1.54, 1.807) is 4.57 Å². The Kier molecular flexibility index (Phi) is 4.97. The summed E-state index contributed by atoms with van der Waals surface area (Å²) in [4.78, 5) is 10.9. The van der Waals surface area contributed by atoms with Gasteiger partial charge in [-0.15, -0.1) is 0 Å². The molecular weight excluding hydrogens is 338 g/mol. The van der Waals surface area contributed by atoms with Crippen molar-refractivity contribution in [3.8, 4) is 0 Å². The van der Waals surface area contributed by atoms with Crippen molar-refractivity contribution in [2.24, 2.45) is 0 Å². The Bertz CT molecular complexity index is 294. The fourth-order valence-corrected chi connectivity index (χ4v) is 1.18. The quantitative estimate of drug-likeness (QED) is 0.708. The van der Waals surface area contributed by atoms with Crippen LogP contribution < -0.4 is 0 Å². The van der Waals surface area contributed by atoms with Gasteiger partial charge in [-0.25, -0.2) is 0 Å². The maximum atomic E-state index is 10.9. The van der Waals surface area contributed by atoms with Gasteiger partial charge in [-0.1, -0.05) is 37.4 Å². The van der Waals surface area contributed by atoms with E-state index in [1.165, 1.54) is 0 Å². The monoisotopic (exact) mass is 352 g/mol. The van der Waals surface area contributed by atoms with Gasteiger partial charge in [-0.05, 0) is 13.5 Å². The van der Waals surface area contributed by atoms with Crippen LogP contribution in [0.3, 0.4) is 0 Å². The van der Waals surface area contributed by atoms with Gasteiger partial charge >= 0.3 is 0 Å². The minimum atomic E-state index is -0.136. The van der Waals surface area contributed by atoms with E-state index in [2.05, 4.69) is 5.32 Å². The van der Waals surface area contributed by atoms with Crippen molar-refractivity contribution in [3.63, 3.8) is 0 Å². The SMILES string of the molecule is CC.Cc1cc2n(c1)C(=O)[N-]C2.[Re]. The average Bonchev–Trinajstić information content (AvgIpc) is 2.58. The van der Waals surface area contributed by atoms with Crippen LogP contribution in [0.15, 0.2) is 12.3 Å². The van der Waals surface area contributed by atoms with Crippen LogP contribution in [0.2, 0.25) is 0 Å². The van der Waals surface area contributed by atoms with Gasteiger partial charge in [0.05, 0.1) is 0 Å². The molecule has 13 heavy (non-hydrogen) atoms. The molecule has 0 aromatic carbocycles. The van der Waals surface area contributed by atoms with E-state index in [0.29, 0.717) is 6.54 Å². The first kappa shape index (κ1) is 12.4. The molecule has 1 aromatic heterocycles. The van der Waals surface area contributed by atoms with Gasteiger partial charge in [0.15, 0.2) is 6.03 Å². The summed E-state index contributed by atoms with van der Waals surface area (Å²) in [5.41, 5.74) is 2.13. The number of carbonyl (C=O) groups excluding carboxylic acids is 1. The molecule has 1 radical (unpaired) electrons. The van der Waals surface area contributed by atoms with Crippen LogP contribution in [0, 0.1) is 6.92 Å². The molecule has 4 heteroatoms. The number of aromatic nitrogens is 1. The van der Waals surface area contributed by atoms with Crippen LogP contribution in [0.1, 0.15) is 25.1 Å². The number of rotatable bonds is 0. The molecule has 0 fully saturated rings. The van der Waals surface area contributed by atoms with Gasteiger partial charge in [-0.3, -0.25) is 4.79 Å². The molecule has 0 saturated heterocycles. The molecule has 0 aliphatic carbocycles. The number of fused-ring (bicyclic) bond motifs is 1. The van der Waals surface area contributed by atoms with Crippen LogP contribution in [0.5, 0.6) is 0 Å². The summed E-state index contributed by atoms with van der Waals surface area (Å²) in [6.45, 7) is 6.52. The van der Waals surface area contributed by atoms with Crippen molar-refractivity contribution in [3.05, 3.63) is 28.8 Å². The van der Waals surface area contributed by atoms with Gasteiger partial charge in [0.25, 0.3) is 0 Å². The number of nitrogens with zero attached hydrogens (tertiary/aromatic N) is 2. The minimum Gasteiger partial charge on any atom is -0.426 e. The Balaban J connectivity index is 0.000000451. The van der Waals surface area contributed by atoms with Gasteiger partial charge < -0.3 is 9.88 Å². The second-order valence-corrected chi connectivity index (χ2v) is 2.48. The fourth-order valence-electron chi connectivity index (χ4n) is 1.18. The Morgan fingerprint density at radius 3 is 2.62 bits per heavy atom. The predicted octanol–water partition coefficient (Wildman–Crippen LogP) is 2.68. The summed E-state index contributed by atoms with van der Waals surface area (Å²) >= 11 is 0. The third kappa shape index (κ3) is 2.43. The van der Waals surface area contributed by atoms with Crippen molar-refractivity contribution in [1.82, 2.24) is 4.57 Å². The molecule has 0 bridgehead atoms. The zero-order chi connectivity index (χ0) is 9.14. The Morgan fingerprint density at radius 2 is 2.08 bits per heavy atom. The second-order valence-electron chi connectivity index (χ2n) is 2.48. The third-order valence-electron chi connectivity index (χ3n) is 1.62. The predicted molar refractivity (Wildman–Crippen MR) is 48.4 cm³/mol. The molecule has 1 aromatic rings. The molecule has 0 unspecified atom stereocenters. The molecule has 73 valence electrons. The number of amides is 1. The summed E-state index contributed by atoms with van der Waals surface area (Å²) < 4.78 is 1.59. The molecule has 0 atom stereocenters. The van der Waals surface area contributed by atoms with Crippen LogP contribution in [-0.4, -0.2) is 10.6 Å². The first-order valence-electron chi connectivity index (χ1n) is 4.17. The Labute approximate surface area is 92.2 Å². The normalized spacial score (nSPS) is 12.1.